The number of nitrogens with one attached hydrogen (secondary N) is 1. The predicted molar refractivity (Wildman–Crippen MR) is 70.9 cm³/mol. The molecule has 0 saturated heterocycles. The van der Waals surface area contributed by atoms with Crippen molar-refractivity contribution in [2.75, 3.05) is 26.8 Å². The Bertz CT molecular complexity index is 259. The molecular weight excluding hydrogens is 214 g/mol. The summed E-state index contributed by atoms with van der Waals surface area (Å²) < 4.78 is 10.6. The van der Waals surface area contributed by atoms with Crippen LogP contribution < -0.4 is 5.32 Å². The summed E-state index contributed by atoms with van der Waals surface area (Å²) in [6.45, 7) is 7.02. The summed E-state index contributed by atoms with van der Waals surface area (Å²) in [5.41, 5.74) is 1.42. The number of hydrogen-bond donors (Lipinski definition) is 1. The molecule has 0 spiro atoms. The number of methoxy groups -OCH3 is 1. The van der Waals surface area contributed by atoms with Gasteiger partial charge in [-0.1, -0.05) is 19.4 Å². The van der Waals surface area contributed by atoms with Crippen molar-refractivity contribution in [3.05, 3.63) is 24.0 Å². The van der Waals surface area contributed by atoms with E-state index in [-0.39, 0.29) is 6.10 Å². The molecule has 1 heterocycles. The second-order valence-corrected chi connectivity index (χ2v) is 4.69. The van der Waals surface area contributed by atoms with Crippen LogP contribution in [0.25, 0.3) is 0 Å². The maximum absolute atomic E-state index is 5.58. The highest BCUT2D eigenvalue weighted by molar-refractivity contribution is 5.11. The summed E-state index contributed by atoms with van der Waals surface area (Å²) in [5, 5.41) is 3.39. The van der Waals surface area contributed by atoms with Gasteiger partial charge >= 0.3 is 0 Å². The van der Waals surface area contributed by atoms with E-state index in [1.54, 1.807) is 7.11 Å². The molecule has 0 radical (unpaired) electrons. The van der Waals surface area contributed by atoms with Gasteiger partial charge in [-0.15, -0.1) is 0 Å². The molecule has 1 atom stereocenters. The summed E-state index contributed by atoms with van der Waals surface area (Å²) in [4.78, 5) is 0. The van der Waals surface area contributed by atoms with Gasteiger partial charge in [0.05, 0.1) is 12.9 Å². The van der Waals surface area contributed by atoms with Crippen LogP contribution in [0.4, 0.5) is 0 Å². The molecule has 1 aliphatic heterocycles. The van der Waals surface area contributed by atoms with Gasteiger partial charge in [0.1, 0.15) is 6.10 Å². The fourth-order valence-electron chi connectivity index (χ4n) is 1.78. The Balaban J connectivity index is 2.40. The summed E-state index contributed by atoms with van der Waals surface area (Å²) in [6, 6.07) is 0. The third kappa shape index (κ3) is 5.89. The van der Waals surface area contributed by atoms with E-state index in [1.807, 2.05) is 6.26 Å². The standard InChI is InChI=1S/C14H25NO2/c1-12(2)13(11-15-7-9-16-3)10-14-6-4-5-8-17-14/h5,8,10,12,14-15H,4,6-7,9,11H2,1-3H3. The van der Waals surface area contributed by atoms with Gasteiger partial charge in [0, 0.05) is 20.2 Å². The van der Waals surface area contributed by atoms with Crippen LogP contribution in [0, 0.1) is 5.92 Å². The Labute approximate surface area is 105 Å². The van der Waals surface area contributed by atoms with Crippen LogP contribution in [0.2, 0.25) is 0 Å². The summed E-state index contributed by atoms with van der Waals surface area (Å²) in [5.74, 6) is 0.555. The fraction of sp³-hybridized carbons (Fsp3) is 0.714. The molecule has 0 saturated carbocycles. The van der Waals surface area contributed by atoms with Crippen molar-refractivity contribution >= 4 is 0 Å². The molecule has 1 aliphatic rings. The zero-order valence-electron chi connectivity index (χ0n) is 11.2. The van der Waals surface area contributed by atoms with Crippen molar-refractivity contribution in [1.82, 2.24) is 5.32 Å². The average Bonchev–Trinajstić information content (AvgIpc) is 2.34. The van der Waals surface area contributed by atoms with Crippen molar-refractivity contribution in [3.8, 4) is 0 Å². The average molecular weight is 239 g/mol. The molecule has 1 unspecified atom stereocenters. The van der Waals surface area contributed by atoms with E-state index < -0.39 is 0 Å². The third-order valence-corrected chi connectivity index (χ3v) is 2.92. The van der Waals surface area contributed by atoms with Gasteiger partial charge in [-0.25, -0.2) is 0 Å². The first-order chi connectivity index (χ1) is 8.24. The number of hydrogen-bond acceptors (Lipinski definition) is 3. The molecule has 98 valence electrons. The van der Waals surface area contributed by atoms with Gasteiger partial charge in [0.15, 0.2) is 0 Å². The van der Waals surface area contributed by atoms with Crippen LogP contribution in [0.1, 0.15) is 26.7 Å². The number of ether oxygens (including phenoxy) is 2. The minimum atomic E-state index is 0.252. The lowest BCUT2D eigenvalue weighted by atomic mass is 9.99. The highest BCUT2D eigenvalue weighted by Gasteiger charge is 2.11. The molecule has 3 nitrogen and oxygen atoms in total. The van der Waals surface area contributed by atoms with E-state index in [0.717, 1.165) is 32.5 Å². The predicted octanol–water partition coefficient (Wildman–Crippen LogP) is 2.50. The molecule has 0 bridgehead atoms. The van der Waals surface area contributed by atoms with Gasteiger partial charge < -0.3 is 14.8 Å². The lowest BCUT2D eigenvalue weighted by molar-refractivity contribution is 0.163. The van der Waals surface area contributed by atoms with Crippen molar-refractivity contribution in [1.29, 1.82) is 0 Å². The largest absolute Gasteiger partial charge is 0.494 e. The first kappa shape index (κ1) is 14.3. The Morgan fingerprint density at radius 2 is 2.41 bits per heavy atom. The quantitative estimate of drug-likeness (QED) is 0.547. The van der Waals surface area contributed by atoms with Gasteiger partial charge in [0.25, 0.3) is 0 Å². The van der Waals surface area contributed by atoms with Crippen LogP contribution in [0.15, 0.2) is 24.0 Å². The van der Waals surface area contributed by atoms with E-state index in [4.69, 9.17) is 9.47 Å². The molecule has 0 aliphatic carbocycles. The van der Waals surface area contributed by atoms with Gasteiger partial charge in [-0.05, 0) is 30.9 Å². The summed E-state index contributed by atoms with van der Waals surface area (Å²) in [6.07, 6.45) is 8.63. The zero-order chi connectivity index (χ0) is 12.5. The molecule has 3 heteroatoms. The van der Waals surface area contributed by atoms with Crippen LogP contribution >= 0.6 is 0 Å². The van der Waals surface area contributed by atoms with Crippen molar-refractivity contribution < 1.29 is 9.47 Å². The molecule has 0 fully saturated rings. The third-order valence-electron chi connectivity index (χ3n) is 2.92. The van der Waals surface area contributed by atoms with Crippen LogP contribution in [-0.2, 0) is 9.47 Å². The summed E-state index contributed by atoms with van der Waals surface area (Å²) in [7, 11) is 1.73. The van der Waals surface area contributed by atoms with Gasteiger partial charge in [0.2, 0.25) is 0 Å². The second kappa shape index (κ2) is 8.31. The molecule has 17 heavy (non-hydrogen) atoms. The van der Waals surface area contributed by atoms with E-state index in [9.17, 15) is 0 Å². The van der Waals surface area contributed by atoms with Crippen LogP contribution in [0.5, 0.6) is 0 Å². The van der Waals surface area contributed by atoms with Crippen molar-refractivity contribution in [2.24, 2.45) is 5.92 Å². The SMILES string of the molecule is COCCNCC(=CC1CCC=CO1)C(C)C. The summed E-state index contributed by atoms with van der Waals surface area (Å²) >= 11 is 0. The van der Waals surface area contributed by atoms with E-state index >= 15 is 0 Å². The maximum atomic E-state index is 5.58. The monoisotopic (exact) mass is 239 g/mol. The lowest BCUT2D eigenvalue weighted by Crippen LogP contribution is -2.24. The van der Waals surface area contributed by atoms with E-state index in [0.29, 0.717) is 5.92 Å². The highest BCUT2D eigenvalue weighted by Crippen LogP contribution is 2.16. The van der Waals surface area contributed by atoms with Crippen molar-refractivity contribution in [2.45, 2.75) is 32.8 Å². The Kier molecular flexibility index (Phi) is 6.97. The fourth-order valence-corrected chi connectivity index (χ4v) is 1.78. The van der Waals surface area contributed by atoms with E-state index in [2.05, 4.69) is 31.3 Å². The molecule has 0 aromatic heterocycles. The molecule has 0 amide bonds. The van der Waals surface area contributed by atoms with Crippen LogP contribution in [0.3, 0.4) is 0 Å². The molecule has 0 aromatic carbocycles. The minimum absolute atomic E-state index is 0.252. The molecular formula is C14H25NO2. The Hall–Kier alpha value is -0.800. The maximum Gasteiger partial charge on any atom is 0.117 e. The first-order valence-corrected chi connectivity index (χ1v) is 6.44. The number of allylic oxidation sites excluding steroid dienone is 1. The first-order valence-electron chi connectivity index (χ1n) is 6.44. The molecule has 0 aromatic rings. The highest BCUT2D eigenvalue weighted by atomic mass is 16.5. The van der Waals surface area contributed by atoms with E-state index in [1.165, 1.54) is 5.57 Å². The lowest BCUT2D eigenvalue weighted by Gasteiger charge is -2.20. The van der Waals surface area contributed by atoms with Crippen molar-refractivity contribution in [3.63, 3.8) is 0 Å². The Morgan fingerprint density at radius 1 is 1.59 bits per heavy atom. The molecule has 1 N–H and O–H groups in total. The minimum Gasteiger partial charge on any atom is -0.494 e. The van der Waals surface area contributed by atoms with Gasteiger partial charge in [-0.3, -0.25) is 0 Å². The molecule has 1 rings (SSSR count). The normalized spacial score (nSPS) is 20.7. The topological polar surface area (TPSA) is 30.5 Å². The van der Waals surface area contributed by atoms with Crippen LogP contribution in [-0.4, -0.2) is 32.9 Å². The zero-order valence-corrected chi connectivity index (χ0v) is 11.2. The second-order valence-electron chi connectivity index (χ2n) is 4.69. The number of rotatable bonds is 7. The smallest absolute Gasteiger partial charge is 0.117 e. The van der Waals surface area contributed by atoms with Gasteiger partial charge in [-0.2, -0.15) is 0 Å². The Morgan fingerprint density at radius 3 is 3.00 bits per heavy atom.